The average Bonchev–Trinajstić information content (AvgIpc) is 2.50. The first-order valence-electron chi connectivity index (χ1n) is 8.47. The smallest absolute Gasteiger partial charge is 0.191 e. The lowest BCUT2D eigenvalue weighted by Crippen LogP contribution is -2.53. The number of morpholine rings is 1. The molecular weight excluding hydrogens is 391 g/mol. The van der Waals surface area contributed by atoms with Gasteiger partial charge in [0.05, 0.1) is 13.2 Å². The number of hydrogen-bond donors (Lipinski definition) is 2. The normalized spacial score (nSPS) is 21.1. The average molecular weight is 426 g/mol. The Hall–Kier alpha value is -0.0800. The minimum atomic E-state index is 0. The fourth-order valence-corrected chi connectivity index (χ4v) is 2.74. The van der Waals surface area contributed by atoms with Crippen LogP contribution in [0.4, 0.5) is 0 Å². The molecule has 22 heavy (non-hydrogen) atoms. The molecule has 0 amide bonds. The zero-order valence-corrected chi connectivity index (χ0v) is 17.1. The van der Waals surface area contributed by atoms with E-state index in [-0.39, 0.29) is 24.0 Å². The van der Waals surface area contributed by atoms with Gasteiger partial charge in [0.15, 0.2) is 5.96 Å². The predicted molar refractivity (Wildman–Crippen MR) is 105 cm³/mol. The Morgan fingerprint density at radius 1 is 1.32 bits per heavy atom. The van der Waals surface area contributed by atoms with Gasteiger partial charge in [0, 0.05) is 38.8 Å². The van der Waals surface area contributed by atoms with Crippen LogP contribution in [0.5, 0.6) is 0 Å². The van der Waals surface area contributed by atoms with Crippen molar-refractivity contribution in [1.82, 2.24) is 15.5 Å². The SMILES string of the molecule is CCCCCCNC(=NC)NCC(C)N1CCOCC1C.I. The van der Waals surface area contributed by atoms with E-state index < -0.39 is 0 Å². The lowest BCUT2D eigenvalue weighted by molar-refractivity contribution is -0.0174. The molecule has 0 aromatic heterocycles. The van der Waals surface area contributed by atoms with Gasteiger partial charge in [-0.25, -0.2) is 0 Å². The fourth-order valence-electron chi connectivity index (χ4n) is 2.74. The van der Waals surface area contributed by atoms with Crippen LogP contribution in [-0.4, -0.2) is 62.8 Å². The number of aliphatic imine (C=N–C) groups is 1. The Morgan fingerprint density at radius 3 is 2.73 bits per heavy atom. The van der Waals surface area contributed by atoms with Gasteiger partial charge >= 0.3 is 0 Å². The van der Waals surface area contributed by atoms with Crippen LogP contribution < -0.4 is 10.6 Å². The second-order valence-electron chi connectivity index (χ2n) is 5.95. The molecule has 1 rings (SSSR count). The summed E-state index contributed by atoms with van der Waals surface area (Å²) in [5.41, 5.74) is 0. The molecule has 0 aromatic carbocycles. The number of nitrogens with one attached hydrogen (secondary N) is 2. The highest BCUT2D eigenvalue weighted by molar-refractivity contribution is 14.0. The van der Waals surface area contributed by atoms with Gasteiger partial charge in [-0.05, 0) is 20.3 Å². The van der Waals surface area contributed by atoms with E-state index >= 15 is 0 Å². The number of guanidine groups is 1. The van der Waals surface area contributed by atoms with E-state index in [4.69, 9.17) is 4.74 Å². The Morgan fingerprint density at radius 2 is 2.09 bits per heavy atom. The van der Waals surface area contributed by atoms with Crippen LogP contribution in [0.2, 0.25) is 0 Å². The van der Waals surface area contributed by atoms with Crippen molar-refractivity contribution in [1.29, 1.82) is 0 Å². The zero-order valence-electron chi connectivity index (χ0n) is 14.7. The van der Waals surface area contributed by atoms with Crippen molar-refractivity contribution in [3.63, 3.8) is 0 Å². The minimum absolute atomic E-state index is 0. The van der Waals surface area contributed by atoms with Gasteiger partial charge in [-0.2, -0.15) is 0 Å². The first-order valence-corrected chi connectivity index (χ1v) is 8.47. The maximum absolute atomic E-state index is 5.50. The number of unbranched alkanes of at least 4 members (excludes halogenated alkanes) is 3. The summed E-state index contributed by atoms with van der Waals surface area (Å²) in [5, 5.41) is 6.83. The summed E-state index contributed by atoms with van der Waals surface area (Å²) in [6.07, 6.45) is 5.11. The van der Waals surface area contributed by atoms with Crippen LogP contribution in [0.1, 0.15) is 46.5 Å². The van der Waals surface area contributed by atoms with Crippen LogP contribution in [-0.2, 0) is 4.74 Å². The molecule has 0 saturated carbocycles. The van der Waals surface area contributed by atoms with Crippen molar-refractivity contribution in [2.45, 2.75) is 58.5 Å². The van der Waals surface area contributed by atoms with Crippen LogP contribution in [0.15, 0.2) is 4.99 Å². The van der Waals surface area contributed by atoms with Gasteiger partial charge in [-0.3, -0.25) is 9.89 Å². The molecule has 2 atom stereocenters. The van der Waals surface area contributed by atoms with Crippen molar-refractivity contribution in [3.05, 3.63) is 0 Å². The first-order chi connectivity index (χ1) is 10.2. The number of hydrogen-bond acceptors (Lipinski definition) is 3. The predicted octanol–water partition coefficient (Wildman–Crippen LogP) is 2.46. The van der Waals surface area contributed by atoms with Gasteiger partial charge in [-0.1, -0.05) is 26.2 Å². The maximum Gasteiger partial charge on any atom is 0.191 e. The lowest BCUT2D eigenvalue weighted by Gasteiger charge is -2.38. The molecule has 132 valence electrons. The van der Waals surface area contributed by atoms with Crippen LogP contribution in [0.3, 0.4) is 0 Å². The molecule has 0 spiro atoms. The van der Waals surface area contributed by atoms with Crippen molar-refractivity contribution in [2.24, 2.45) is 4.99 Å². The van der Waals surface area contributed by atoms with Crippen LogP contribution in [0, 0.1) is 0 Å². The third kappa shape index (κ3) is 8.53. The Balaban J connectivity index is 0.00000441. The second-order valence-corrected chi connectivity index (χ2v) is 5.95. The molecule has 1 fully saturated rings. The Bertz CT molecular complexity index is 302. The first kappa shape index (κ1) is 21.9. The topological polar surface area (TPSA) is 48.9 Å². The quantitative estimate of drug-likeness (QED) is 0.271. The molecule has 2 N–H and O–H groups in total. The summed E-state index contributed by atoms with van der Waals surface area (Å²) in [6.45, 7) is 11.4. The third-order valence-electron chi connectivity index (χ3n) is 4.10. The van der Waals surface area contributed by atoms with E-state index in [1.807, 2.05) is 7.05 Å². The van der Waals surface area contributed by atoms with Crippen molar-refractivity contribution >= 4 is 29.9 Å². The summed E-state index contributed by atoms with van der Waals surface area (Å²) >= 11 is 0. The fraction of sp³-hybridized carbons (Fsp3) is 0.938. The molecule has 1 aliphatic heterocycles. The molecular formula is C16H35IN4O. The monoisotopic (exact) mass is 426 g/mol. The van der Waals surface area contributed by atoms with E-state index in [2.05, 4.69) is 41.3 Å². The van der Waals surface area contributed by atoms with E-state index in [1.165, 1.54) is 25.7 Å². The highest BCUT2D eigenvalue weighted by atomic mass is 127. The summed E-state index contributed by atoms with van der Waals surface area (Å²) < 4.78 is 5.50. The van der Waals surface area contributed by atoms with Gasteiger partial charge < -0.3 is 15.4 Å². The third-order valence-corrected chi connectivity index (χ3v) is 4.10. The van der Waals surface area contributed by atoms with Crippen molar-refractivity contribution in [2.75, 3.05) is 39.9 Å². The minimum Gasteiger partial charge on any atom is -0.379 e. The van der Waals surface area contributed by atoms with Gasteiger partial charge in [0.1, 0.15) is 0 Å². The number of rotatable bonds is 8. The molecule has 5 nitrogen and oxygen atoms in total. The lowest BCUT2D eigenvalue weighted by atomic mass is 10.2. The Labute approximate surface area is 153 Å². The maximum atomic E-state index is 5.50. The second kappa shape index (κ2) is 13.4. The summed E-state index contributed by atoms with van der Waals surface area (Å²) in [6, 6.07) is 0.988. The van der Waals surface area contributed by atoms with Gasteiger partial charge in [0.25, 0.3) is 0 Å². The van der Waals surface area contributed by atoms with E-state index in [0.29, 0.717) is 12.1 Å². The van der Waals surface area contributed by atoms with Gasteiger partial charge in [0.2, 0.25) is 0 Å². The molecule has 1 heterocycles. The molecule has 1 aliphatic rings. The van der Waals surface area contributed by atoms with Crippen LogP contribution in [0.25, 0.3) is 0 Å². The molecule has 6 heteroatoms. The summed E-state index contributed by atoms with van der Waals surface area (Å²) in [4.78, 5) is 6.80. The Kier molecular flexibility index (Phi) is 13.3. The molecule has 0 bridgehead atoms. The number of nitrogens with zero attached hydrogens (tertiary/aromatic N) is 2. The largest absolute Gasteiger partial charge is 0.379 e. The molecule has 2 unspecified atom stereocenters. The highest BCUT2D eigenvalue weighted by Crippen LogP contribution is 2.09. The van der Waals surface area contributed by atoms with Crippen molar-refractivity contribution < 1.29 is 4.74 Å². The van der Waals surface area contributed by atoms with E-state index in [0.717, 1.165) is 38.8 Å². The van der Waals surface area contributed by atoms with E-state index in [1.54, 1.807) is 0 Å². The highest BCUT2D eigenvalue weighted by Gasteiger charge is 2.23. The summed E-state index contributed by atoms with van der Waals surface area (Å²) in [7, 11) is 1.84. The standard InChI is InChI=1S/C16H34N4O.HI/c1-5-6-7-8-9-18-16(17-4)19-12-14(2)20-10-11-21-13-15(20)3;/h14-15H,5-13H2,1-4H3,(H2,17,18,19);1H. The molecule has 0 aliphatic carbocycles. The van der Waals surface area contributed by atoms with Crippen LogP contribution >= 0.6 is 24.0 Å². The van der Waals surface area contributed by atoms with Crippen molar-refractivity contribution in [3.8, 4) is 0 Å². The van der Waals surface area contributed by atoms with E-state index in [9.17, 15) is 0 Å². The molecule has 1 saturated heterocycles. The summed E-state index contributed by atoms with van der Waals surface area (Å²) in [5.74, 6) is 0.916. The molecule has 0 radical (unpaired) electrons. The number of halogens is 1. The molecule has 0 aromatic rings. The zero-order chi connectivity index (χ0) is 15.5. The van der Waals surface area contributed by atoms with Gasteiger partial charge in [-0.15, -0.1) is 24.0 Å². The number of ether oxygens (including phenoxy) is 1.